The average Bonchev–Trinajstić information content (AvgIpc) is 2.39. The van der Waals surface area contributed by atoms with Crippen molar-refractivity contribution in [2.24, 2.45) is 5.73 Å². The van der Waals surface area contributed by atoms with Crippen LogP contribution in [-0.2, 0) is 11.8 Å². The molecule has 0 aliphatic rings. The molecular weight excluding hydrogens is 246 g/mol. The second-order valence-electron chi connectivity index (χ2n) is 6.35. The van der Waals surface area contributed by atoms with Crippen LogP contribution >= 0.6 is 0 Å². The van der Waals surface area contributed by atoms with Crippen LogP contribution < -0.4 is 5.73 Å². The molecule has 1 heterocycles. The van der Waals surface area contributed by atoms with Gasteiger partial charge in [-0.1, -0.05) is 45.0 Å². The minimum atomic E-state index is -0.0184. The van der Waals surface area contributed by atoms with Gasteiger partial charge >= 0.3 is 0 Å². The van der Waals surface area contributed by atoms with Crippen LogP contribution in [0, 0.1) is 0 Å². The van der Waals surface area contributed by atoms with E-state index in [4.69, 9.17) is 5.73 Å². The van der Waals surface area contributed by atoms with Gasteiger partial charge in [-0.05, 0) is 23.5 Å². The maximum atomic E-state index is 5.79. The first kappa shape index (κ1) is 14.7. The second kappa shape index (κ2) is 5.71. The zero-order valence-corrected chi connectivity index (χ0v) is 12.7. The van der Waals surface area contributed by atoms with Crippen molar-refractivity contribution in [1.29, 1.82) is 0 Å². The molecule has 0 aliphatic heterocycles. The fourth-order valence-corrected chi connectivity index (χ4v) is 2.00. The van der Waals surface area contributed by atoms with E-state index in [1.54, 1.807) is 0 Å². The summed E-state index contributed by atoms with van der Waals surface area (Å²) in [6, 6.07) is 8.67. The molecular formula is C17H23N3. The van der Waals surface area contributed by atoms with Gasteiger partial charge in [0.2, 0.25) is 0 Å². The lowest BCUT2D eigenvalue weighted by Crippen LogP contribution is -2.11. The van der Waals surface area contributed by atoms with E-state index in [1.165, 1.54) is 11.1 Å². The number of hydrogen-bond donors (Lipinski definition) is 1. The largest absolute Gasteiger partial charge is 0.324 e. The lowest BCUT2D eigenvalue weighted by Gasteiger charge is -2.19. The fourth-order valence-electron chi connectivity index (χ4n) is 2.00. The maximum Gasteiger partial charge on any atom is 0.132 e. The zero-order chi connectivity index (χ0) is 14.8. The van der Waals surface area contributed by atoms with Crippen molar-refractivity contribution in [2.45, 2.75) is 45.6 Å². The van der Waals surface area contributed by atoms with Gasteiger partial charge in [0.25, 0.3) is 0 Å². The summed E-state index contributed by atoms with van der Waals surface area (Å²) in [6.07, 6.45) is 4.39. The summed E-state index contributed by atoms with van der Waals surface area (Å²) in [5, 5.41) is 0. The Labute approximate surface area is 121 Å². The van der Waals surface area contributed by atoms with Gasteiger partial charge in [0, 0.05) is 30.4 Å². The van der Waals surface area contributed by atoms with Gasteiger partial charge in [-0.2, -0.15) is 0 Å². The molecule has 1 atom stereocenters. The second-order valence-corrected chi connectivity index (χ2v) is 6.35. The first-order valence-corrected chi connectivity index (χ1v) is 7.02. The molecule has 20 heavy (non-hydrogen) atoms. The summed E-state index contributed by atoms with van der Waals surface area (Å²) in [4.78, 5) is 8.75. The van der Waals surface area contributed by atoms with E-state index in [0.29, 0.717) is 0 Å². The number of rotatable bonds is 3. The van der Waals surface area contributed by atoms with Crippen molar-refractivity contribution in [2.75, 3.05) is 0 Å². The molecule has 2 N–H and O–H groups in total. The molecule has 1 aromatic carbocycles. The van der Waals surface area contributed by atoms with Crippen LogP contribution in [0.3, 0.4) is 0 Å². The van der Waals surface area contributed by atoms with E-state index in [1.807, 2.05) is 19.3 Å². The Hall–Kier alpha value is -1.74. The SMILES string of the molecule is CC(N)c1cnc(Cc2ccc(C(C)(C)C)cc2)nc1. The highest BCUT2D eigenvalue weighted by Gasteiger charge is 2.13. The van der Waals surface area contributed by atoms with Crippen molar-refractivity contribution in [3.63, 3.8) is 0 Å². The monoisotopic (exact) mass is 269 g/mol. The predicted molar refractivity (Wildman–Crippen MR) is 82.6 cm³/mol. The van der Waals surface area contributed by atoms with Crippen LogP contribution in [-0.4, -0.2) is 9.97 Å². The van der Waals surface area contributed by atoms with E-state index < -0.39 is 0 Å². The molecule has 0 bridgehead atoms. The van der Waals surface area contributed by atoms with E-state index in [9.17, 15) is 0 Å². The smallest absolute Gasteiger partial charge is 0.132 e. The number of aromatic nitrogens is 2. The highest BCUT2D eigenvalue weighted by Crippen LogP contribution is 2.22. The van der Waals surface area contributed by atoms with Gasteiger partial charge in [-0.3, -0.25) is 0 Å². The van der Waals surface area contributed by atoms with Crippen LogP contribution in [0.4, 0.5) is 0 Å². The fraction of sp³-hybridized carbons (Fsp3) is 0.412. The van der Waals surface area contributed by atoms with Gasteiger partial charge in [0.1, 0.15) is 5.82 Å². The average molecular weight is 269 g/mol. The van der Waals surface area contributed by atoms with Gasteiger partial charge in [0.05, 0.1) is 0 Å². The predicted octanol–water partition coefficient (Wildman–Crippen LogP) is 3.38. The van der Waals surface area contributed by atoms with E-state index in [0.717, 1.165) is 17.8 Å². The highest BCUT2D eigenvalue weighted by atomic mass is 14.9. The Bertz CT molecular complexity index is 548. The Balaban J connectivity index is 2.10. The van der Waals surface area contributed by atoms with Crippen LogP contribution in [0.15, 0.2) is 36.7 Å². The molecule has 0 spiro atoms. The molecule has 2 aromatic rings. The number of nitrogens with two attached hydrogens (primary N) is 1. The third kappa shape index (κ3) is 3.64. The Morgan fingerprint density at radius 3 is 2.05 bits per heavy atom. The molecule has 0 saturated carbocycles. The molecule has 3 nitrogen and oxygen atoms in total. The minimum Gasteiger partial charge on any atom is -0.324 e. The van der Waals surface area contributed by atoms with Crippen molar-refractivity contribution in [1.82, 2.24) is 9.97 Å². The van der Waals surface area contributed by atoms with Crippen LogP contribution in [0.2, 0.25) is 0 Å². The normalized spacial score (nSPS) is 13.2. The zero-order valence-electron chi connectivity index (χ0n) is 12.7. The first-order valence-electron chi connectivity index (χ1n) is 7.02. The summed E-state index contributed by atoms with van der Waals surface area (Å²) in [7, 11) is 0. The third-order valence-corrected chi connectivity index (χ3v) is 3.43. The Morgan fingerprint density at radius 2 is 1.60 bits per heavy atom. The van der Waals surface area contributed by atoms with Crippen molar-refractivity contribution in [3.8, 4) is 0 Å². The van der Waals surface area contributed by atoms with E-state index in [-0.39, 0.29) is 11.5 Å². The summed E-state index contributed by atoms with van der Waals surface area (Å²) < 4.78 is 0. The lowest BCUT2D eigenvalue weighted by molar-refractivity contribution is 0.590. The van der Waals surface area contributed by atoms with Crippen molar-refractivity contribution in [3.05, 3.63) is 59.2 Å². The molecule has 1 aromatic heterocycles. The molecule has 0 amide bonds. The number of hydrogen-bond acceptors (Lipinski definition) is 3. The minimum absolute atomic E-state index is 0.0184. The van der Waals surface area contributed by atoms with Gasteiger partial charge in [-0.15, -0.1) is 0 Å². The van der Waals surface area contributed by atoms with E-state index >= 15 is 0 Å². The number of benzene rings is 1. The Morgan fingerprint density at radius 1 is 1.05 bits per heavy atom. The quantitative estimate of drug-likeness (QED) is 0.929. The van der Waals surface area contributed by atoms with Gasteiger partial charge in [-0.25, -0.2) is 9.97 Å². The van der Waals surface area contributed by atoms with Crippen molar-refractivity contribution >= 4 is 0 Å². The van der Waals surface area contributed by atoms with Crippen molar-refractivity contribution < 1.29 is 0 Å². The molecule has 2 rings (SSSR count). The summed E-state index contributed by atoms with van der Waals surface area (Å²) in [5.74, 6) is 0.831. The number of nitrogens with zero attached hydrogens (tertiary/aromatic N) is 2. The standard InChI is InChI=1S/C17H23N3/c1-12(18)14-10-19-16(20-11-14)9-13-5-7-15(8-6-13)17(2,3)4/h5-8,10-12H,9,18H2,1-4H3. The lowest BCUT2D eigenvalue weighted by atomic mass is 9.86. The molecule has 1 unspecified atom stereocenters. The molecule has 0 aliphatic carbocycles. The first-order chi connectivity index (χ1) is 9.36. The topological polar surface area (TPSA) is 51.8 Å². The summed E-state index contributed by atoms with van der Waals surface area (Å²) in [5.41, 5.74) is 9.52. The van der Waals surface area contributed by atoms with Gasteiger partial charge < -0.3 is 5.73 Å². The van der Waals surface area contributed by atoms with Gasteiger partial charge in [0.15, 0.2) is 0 Å². The Kier molecular flexibility index (Phi) is 4.19. The summed E-state index contributed by atoms with van der Waals surface area (Å²) in [6.45, 7) is 8.59. The maximum absolute atomic E-state index is 5.79. The van der Waals surface area contributed by atoms with E-state index in [2.05, 4.69) is 55.0 Å². The summed E-state index contributed by atoms with van der Waals surface area (Å²) >= 11 is 0. The van der Waals surface area contributed by atoms with Crippen LogP contribution in [0.1, 0.15) is 56.3 Å². The molecule has 0 radical (unpaired) electrons. The highest BCUT2D eigenvalue weighted by molar-refractivity contribution is 5.29. The molecule has 3 heteroatoms. The van der Waals surface area contributed by atoms with Crippen LogP contribution in [0.5, 0.6) is 0 Å². The third-order valence-electron chi connectivity index (χ3n) is 3.43. The molecule has 0 saturated heterocycles. The molecule has 106 valence electrons. The molecule has 0 fully saturated rings. The van der Waals surface area contributed by atoms with Crippen LogP contribution in [0.25, 0.3) is 0 Å².